The molecular weight excluding hydrogens is 233 g/mol. The van der Waals surface area contributed by atoms with Crippen molar-refractivity contribution >= 4 is 5.91 Å². The van der Waals surface area contributed by atoms with Crippen LogP contribution in [0.1, 0.15) is 19.4 Å². The number of hydrogen-bond acceptors (Lipinski definition) is 2. The Kier molecular flexibility index (Phi) is 3.97. The predicted octanol–water partition coefficient (Wildman–Crippen LogP) is 2.00. The molecule has 1 saturated heterocycles. The Balaban J connectivity index is 1.97. The lowest BCUT2D eigenvalue weighted by molar-refractivity contribution is -0.142. The first-order valence-electron chi connectivity index (χ1n) is 6.22. The lowest BCUT2D eigenvalue weighted by atomic mass is 10.1. The number of halogens is 1. The molecule has 0 saturated carbocycles. The molecule has 0 bridgehead atoms. The number of carbonyl (C=O) groups is 1. The van der Waals surface area contributed by atoms with Crippen LogP contribution in [-0.2, 0) is 16.0 Å². The van der Waals surface area contributed by atoms with Gasteiger partial charge in [0.05, 0.1) is 18.6 Å². The number of rotatable bonds is 2. The van der Waals surface area contributed by atoms with Gasteiger partial charge in [0, 0.05) is 13.1 Å². The molecule has 0 spiro atoms. The Labute approximate surface area is 107 Å². The zero-order valence-corrected chi connectivity index (χ0v) is 10.7. The maximum absolute atomic E-state index is 12.8. The fourth-order valence-corrected chi connectivity index (χ4v) is 2.27. The zero-order chi connectivity index (χ0) is 13.1. The largest absolute Gasteiger partial charge is 0.372 e. The van der Waals surface area contributed by atoms with E-state index in [9.17, 15) is 9.18 Å². The van der Waals surface area contributed by atoms with E-state index in [4.69, 9.17) is 4.74 Å². The summed E-state index contributed by atoms with van der Waals surface area (Å²) >= 11 is 0. The van der Waals surface area contributed by atoms with E-state index < -0.39 is 0 Å². The van der Waals surface area contributed by atoms with Gasteiger partial charge in [-0.2, -0.15) is 0 Å². The SMILES string of the molecule is C[C@H]1CN(C(=O)Cc2ccc(F)cc2)C[C@H](C)O1. The third-order valence-electron chi connectivity index (χ3n) is 3.04. The number of amides is 1. The molecule has 2 atom stereocenters. The molecule has 98 valence electrons. The van der Waals surface area contributed by atoms with Crippen molar-refractivity contribution < 1.29 is 13.9 Å². The maximum atomic E-state index is 12.8. The van der Waals surface area contributed by atoms with Gasteiger partial charge in [-0.15, -0.1) is 0 Å². The molecule has 4 heteroatoms. The standard InChI is InChI=1S/C14H18FNO2/c1-10-8-16(9-11(2)18-10)14(17)7-12-3-5-13(15)6-4-12/h3-6,10-11H,7-9H2,1-2H3/t10-,11-/m0/s1. The molecular formula is C14H18FNO2. The van der Waals surface area contributed by atoms with E-state index in [-0.39, 0.29) is 23.9 Å². The summed E-state index contributed by atoms with van der Waals surface area (Å²) in [5.41, 5.74) is 0.841. The average Bonchev–Trinajstić information content (AvgIpc) is 2.31. The first kappa shape index (κ1) is 13.0. The molecule has 1 aromatic carbocycles. The summed E-state index contributed by atoms with van der Waals surface area (Å²) in [7, 11) is 0. The molecule has 3 nitrogen and oxygen atoms in total. The van der Waals surface area contributed by atoms with Crippen LogP contribution in [0.3, 0.4) is 0 Å². The summed E-state index contributed by atoms with van der Waals surface area (Å²) in [6.07, 6.45) is 0.469. The third-order valence-corrected chi connectivity index (χ3v) is 3.04. The van der Waals surface area contributed by atoms with Gasteiger partial charge in [-0.25, -0.2) is 4.39 Å². The molecule has 18 heavy (non-hydrogen) atoms. The van der Waals surface area contributed by atoms with Gasteiger partial charge in [-0.3, -0.25) is 4.79 Å². The fourth-order valence-electron chi connectivity index (χ4n) is 2.27. The zero-order valence-electron chi connectivity index (χ0n) is 10.7. The van der Waals surface area contributed by atoms with Gasteiger partial charge in [0.2, 0.25) is 5.91 Å². The van der Waals surface area contributed by atoms with Crippen LogP contribution in [0.2, 0.25) is 0 Å². The fraction of sp³-hybridized carbons (Fsp3) is 0.500. The second-order valence-electron chi connectivity index (χ2n) is 4.86. The summed E-state index contributed by atoms with van der Waals surface area (Å²) in [5, 5.41) is 0. The van der Waals surface area contributed by atoms with Crippen LogP contribution in [0.25, 0.3) is 0 Å². The molecule has 1 aliphatic rings. The van der Waals surface area contributed by atoms with Gasteiger partial charge >= 0.3 is 0 Å². The summed E-state index contributed by atoms with van der Waals surface area (Å²) < 4.78 is 18.4. The Morgan fingerprint density at radius 2 is 1.83 bits per heavy atom. The average molecular weight is 251 g/mol. The molecule has 1 fully saturated rings. The first-order chi connectivity index (χ1) is 8.54. The van der Waals surface area contributed by atoms with Gasteiger partial charge in [0.15, 0.2) is 0 Å². The van der Waals surface area contributed by atoms with Crippen molar-refractivity contribution in [1.82, 2.24) is 4.90 Å². The van der Waals surface area contributed by atoms with Crippen molar-refractivity contribution in [2.24, 2.45) is 0 Å². The number of ether oxygens (including phenoxy) is 1. The van der Waals surface area contributed by atoms with E-state index in [0.29, 0.717) is 19.5 Å². The molecule has 2 rings (SSSR count). The van der Waals surface area contributed by atoms with E-state index in [1.54, 1.807) is 12.1 Å². The highest BCUT2D eigenvalue weighted by atomic mass is 19.1. The van der Waals surface area contributed by atoms with Crippen LogP contribution in [0.15, 0.2) is 24.3 Å². The van der Waals surface area contributed by atoms with Crippen molar-refractivity contribution in [1.29, 1.82) is 0 Å². The van der Waals surface area contributed by atoms with E-state index in [1.807, 2.05) is 18.7 Å². The smallest absolute Gasteiger partial charge is 0.227 e. The molecule has 0 aromatic heterocycles. The van der Waals surface area contributed by atoms with E-state index in [0.717, 1.165) is 5.56 Å². The van der Waals surface area contributed by atoms with E-state index >= 15 is 0 Å². The number of hydrogen-bond donors (Lipinski definition) is 0. The minimum absolute atomic E-state index is 0.0728. The van der Waals surface area contributed by atoms with Gasteiger partial charge in [0.25, 0.3) is 0 Å². The van der Waals surface area contributed by atoms with Crippen LogP contribution >= 0.6 is 0 Å². The summed E-state index contributed by atoms with van der Waals surface area (Å²) in [6.45, 7) is 5.19. The number of benzene rings is 1. The topological polar surface area (TPSA) is 29.5 Å². The second kappa shape index (κ2) is 5.48. The normalized spacial score (nSPS) is 24.1. The molecule has 1 aromatic rings. The number of carbonyl (C=O) groups excluding carboxylic acids is 1. The van der Waals surface area contributed by atoms with Crippen LogP contribution in [0.5, 0.6) is 0 Å². The Hall–Kier alpha value is -1.42. The van der Waals surface area contributed by atoms with Crippen molar-refractivity contribution in [2.45, 2.75) is 32.5 Å². The Morgan fingerprint density at radius 1 is 1.28 bits per heavy atom. The van der Waals surface area contributed by atoms with Gasteiger partial charge in [0.1, 0.15) is 5.82 Å². The molecule has 0 aliphatic carbocycles. The summed E-state index contributed by atoms with van der Waals surface area (Å²) in [6, 6.07) is 6.07. The van der Waals surface area contributed by atoms with Gasteiger partial charge < -0.3 is 9.64 Å². The predicted molar refractivity (Wildman–Crippen MR) is 66.7 cm³/mol. The van der Waals surface area contributed by atoms with Crippen LogP contribution < -0.4 is 0 Å². The van der Waals surface area contributed by atoms with Crippen LogP contribution in [0.4, 0.5) is 4.39 Å². The molecule has 1 aliphatic heterocycles. The molecule has 0 unspecified atom stereocenters. The first-order valence-corrected chi connectivity index (χ1v) is 6.22. The van der Waals surface area contributed by atoms with Gasteiger partial charge in [-0.05, 0) is 31.5 Å². The second-order valence-corrected chi connectivity index (χ2v) is 4.86. The number of morpholine rings is 1. The van der Waals surface area contributed by atoms with Crippen molar-refractivity contribution in [2.75, 3.05) is 13.1 Å². The Morgan fingerprint density at radius 3 is 2.39 bits per heavy atom. The summed E-state index contributed by atoms with van der Waals surface area (Å²) in [4.78, 5) is 13.9. The monoisotopic (exact) mass is 251 g/mol. The highest BCUT2D eigenvalue weighted by Gasteiger charge is 2.25. The molecule has 1 amide bonds. The van der Waals surface area contributed by atoms with Crippen molar-refractivity contribution in [3.05, 3.63) is 35.6 Å². The van der Waals surface area contributed by atoms with E-state index in [2.05, 4.69) is 0 Å². The lowest BCUT2D eigenvalue weighted by Gasteiger charge is -2.35. The van der Waals surface area contributed by atoms with Crippen molar-refractivity contribution in [3.63, 3.8) is 0 Å². The van der Waals surface area contributed by atoms with Crippen LogP contribution in [-0.4, -0.2) is 36.1 Å². The molecule has 0 radical (unpaired) electrons. The molecule has 0 N–H and O–H groups in total. The summed E-state index contributed by atoms with van der Waals surface area (Å²) in [5.74, 6) is -0.205. The highest BCUT2D eigenvalue weighted by Crippen LogP contribution is 2.13. The molecule has 1 heterocycles. The van der Waals surface area contributed by atoms with Crippen molar-refractivity contribution in [3.8, 4) is 0 Å². The van der Waals surface area contributed by atoms with Gasteiger partial charge in [-0.1, -0.05) is 12.1 Å². The Bertz CT molecular complexity index is 408. The van der Waals surface area contributed by atoms with Crippen LogP contribution in [0, 0.1) is 5.82 Å². The third kappa shape index (κ3) is 3.29. The van der Waals surface area contributed by atoms with E-state index in [1.165, 1.54) is 12.1 Å². The lowest BCUT2D eigenvalue weighted by Crippen LogP contribution is -2.48. The maximum Gasteiger partial charge on any atom is 0.227 e. The minimum Gasteiger partial charge on any atom is -0.372 e. The quantitative estimate of drug-likeness (QED) is 0.804. The highest BCUT2D eigenvalue weighted by molar-refractivity contribution is 5.78. The minimum atomic E-state index is -0.278. The number of nitrogens with zero attached hydrogens (tertiary/aromatic N) is 1.